The van der Waals surface area contributed by atoms with Crippen molar-refractivity contribution in [2.45, 2.75) is 6.42 Å². The van der Waals surface area contributed by atoms with Crippen LogP contribution in [-0.4, -0.2) is 20.9 Å². The van der Waals surface area contributed by atoms with Gasteiger partial charge in [-0.3, -0.25) is 18.7 Å². The topological polar surface area (TPSA) is 44.0 Å². The molecule has 2 aromatic rings. The lowest BCUT2D eigenvalue weighted by atomic mass is 10.3. The molecule has 2 heterocycles. The van der Waals surface area contributed by atoms with Crippen LogP contribution >= 0.6 is 0 Å². The van der Waals surface area contributed by atoms with Crippen molar-refractivity contribution in [1.29, 1.82) is 0 Å². The zero-order valence-electron chi connectivity index (χ0n) is 8.04. The van der Waals surface area contributed by atoms with E-state index >= 15 is 0 Å². The van der Waals surface area contributed by atoms with Gasteiger partial charge in [0.15, 0.2) is 0 Å². The van der Waals surface area contributed by atoms with Gasteiger partial charge in [-0.05, 0) is 24.3 Å². The standard InChI is InChI=1S/C11H10N2O2/c14-10(12-5-1-2-6-12)9-11(15)13-7-3-4-8-13/h1-8H,9H2. The number of hydrogen-bond donors (Lipinski definition) is 0. The van der Waals surface area contributed by atoms with E-state index in [0.717, 1.165) is 0 Å². The average Bonchev–Trinajstić information content (AvgIpc) is 2.91. The largest absolute Gasteiger partial charge is 0.294 e. The number of nitrogens with zero attached hydrogens (tertiary/aromatic N) is 2. The van der Waals surface area contributed by atoms with Crippen LogP contribution < -0.4 is 0 Å². The molecular weight excluding hydrogens is 192 g/mol. The number of hydrogen-bond acceptors (Lipinski definition) is 2. The van der Waals surface area contributed by atoms with Gasteiger partial charge < -0.3 is 0 Å². The van der Waals surface area contributed by atoms with Crippen LogP contribution in [0.5, 0.6) is 0 Å². The fourth-order valence-electron chi connectivity index (χ4n) is 1.31. The van der Waals surface area contributed by atoms with E-state index in [4.69, 9.17) is 0 Å². The second-order valence-corrected chi connectivity index (χ2v) is 3.14. The third-order valence-electron chi connectivity index (χ3n) is 2.09. The van der Waals surface area contributed by atoms with E-state index in [-0.39, 0.29) is 18.2 Å². The molecule has 0 aromatic carbocycles. The molecule has 4 heteroatoms. The first-order chi connectivity index (χ1) is 7.27. The highest BCUT2D eigenvalue weighted by atomic mass is 16.2. The summed E-state index contributed by atoms with van der Waals surface area (Å²) < 4.78 is 2.81. The summed E-state index contributed by atoms with van der Waals surface area (Å²) in [7, 11) is 0. The van der Waals surface area contributed by atoms with Crippen molar-refractivity contribution < 1.29 is 9.59 Å². The zero-order valence-corrected chi connectivity index (χ0v) is 8.04. The molecule has 0 aliphatic rings. The summed E-state index contributed by atoms with van der Waals surface area (Å²) in [6.07, 6.45) is 6.40. The Morgan fingerprint density at radius 2 is 1.07 bits per heavy atom. The van der Waals surface area contributed by atoms with Crippen molar-refractivity contribution in [1.82, 2.24) is 9.13 Å². The lowest BCUT2D eigenvalue weighted by Crippen LogP contribution is -2.17. The monoisotopic (exact) mass is 202 g/mol. The molecule has 0 spiro atoms. The number of rotatable bonds is 2. The molecule has 0 aliphatic heterocycles. The van der Waals surface area contributed by atoms with Crippen molar-refractivity contribution >= 4 is 11.8 Å². The summed E-state index contributed by atoms with van der Waals surface area (Å²) in [5.41, 5.74) is 0. The van der Waals surface area contributed by atoms with Gasteiger partial charge in [-0.15, -0.1) is 0 Å². The number of aromatic nitrogens is 2. The van der Waals surface area contributed by atoms with Crippen LogP contribution in [0.1, 0.15) is 16.0 Å². The Labute approximate surface area is 86.7 Å². The Hall–Kier alpha value is -2.10. The predicted molar refractivity (Wildman–Crippen MR) is 54.7 cm³/mol. The highest BCUT2D eigenvalue weighted by Gasteiger charge is 2.11. The van der Waals surface area contributed by atoms with Gasteiger partial charge in [-0.25, -0.2) is 0 Å². The van der Waals surface area contributed by atoms with E-state index in [1.165, 1.54) is 9.13 Å². The Kier molecular flexibility index (Phi) is 2.49. The van der Waals surface area contributed by atoms with E-state index in [0.29, 0.717) is 0 Å². The van der Waals surface area contributed by atoms with Gasteiger partial charge in [0, 0.05) is 24.8 Å². The molecule has 2 rings (SSSR count). The highest BCUT2D eigenvalue weighted by Crippen LogP contribution is 1.98. The average molecular weight is 202 g/mol. The van der Waals surface area contributed by atoms with Crippen LogP contribution in [0.2, 0.25) is 0 Å². The van der Waals surface area contributed by atoms with Crippen LogP contribution in [0.15, 0.2) is 49.1 Å². The van der Waals surface area contributed by atoms with Gasteiger partial charge in [0.1, 0.15) is 6.42 Å². The summed E-state index contributed by atoms with van der Waals surface area (Å²) in [4.78, 5) is 23.1. The second-order valence-electron chi connectivity index (χ2n) is 3.14. The first-order valence-corrected chi connectivity index (χ1v) is 4.60. The summed E-state index contributed by atoms with van der Waals surface area (Å²) in [5, 5.41) is 0. The van der Waals surface area contributed by atoms with Crippen molar-refractivity contribution in [3.63, 3.8) is 0 Å². The minimum atomic E-state index is -0.223. The van der Waals surface area contributed by atoms with E-state index < -0.39 is 0 Å². The SMILES string of the molecule is O=C(CC(=O)n1cccc1)n1cccc1. The van der Waals surface area contributed by atoms with Crippen molar-refractivity contribution in [2.75, 3.05) is 0 Å². The third kappa shape index (κ3) is 2.04. The Bertz CT molecular complexity index is 411. The van der Waals surface area contributed by atoms with E-state index in [1.54, 1.807) is 49.1 Å². The first kappa shape index (κ1) is 9.45. The maximum atomic E-state index is 11.5. The second kappa shape index (κ2) is 3.96. The summed E-state index contributed by atoms with van der Waals surface area (Å²) in [6, 6.07) is 6.99. The van der Waals surface area contributed by atoms with Gasteiger partial charge in [0.05, 0.1) is 0 Å². The third-order valence-corrected chi connectivity index (χ3v) is 2.09. The maximum Gasteiger partial charge on any atom is 0.240 e. The van der Waals surface area contributed by atoms with Crippen LogP contribution in [-0.2, 0) is 0 Å². The molecule has 15 heavy (non-hydrogen) atoms. The molecule has 2 aromatic heterocycles. The molecule has 0 fully saturated rings. The Morgan fingerprint density at radius 1 is 0.733 bits per heavy atom. The molecule has 0 bridgehead atoms. The van der Waals surface area contributed by atoms with Crippen LogP contribution in [0.3, 0.4) is 0 Å². The van der Waals surface area contributed by atoms with Crippen LogP contribution in [0.25, 0.3) is 0 Å². The van der Waals surface area contributed by atoms with Crippen molar-refractivity contribution in [3.05, 3.63) is 49.1 Å². The molecule has 76 valence electrons. The molecule has 0 unspecified atom stereocenters. The van der Waals surface area contributed by atoms with E-state index in [9.17, 15) is 9.59 Å². The molecule has 4 nitrogen and oxygen atoms in total. The van der Waals surface area contributed by atoms with Crippen LogP contribution in [0, 0.1) is 0 Å². The lowest BCUT2D eigenvalue weighted by Gasteiger charge is -2.01. The van der Waals surface area contributed by atoms with Gasteiger partial charge in [0.2, 0.25) is 11.8 Å². The summed E-state index contributed by atoms with van der Waals surface area (Å²) in [6.45, 7) is 0. The van der Waals surface area contributed by atoms with Crippen LogP contribution in [0.4, 0.5) is 0 Å². The zero-order chi connectivity index (χ0) is 10.7. The summed E-state index contributed by atoms with van der Waals surface area (Å²) in [5.74, 6) is -0.447. The van der Waals surface area contributed by atoms with E-state index in [1.807, 2.05) is 0 Å². The lowest BCUT2D eigenvalue weighted by molar-refractivity contribution is 0.0803. The smallest absolute Gasteiger partial charge is 0.240 e. The van der Waals surface area contributed by atoms with Gasteiger partial charge >= 0.3 is 0 Å². The number of carbonyl (C=O) groups is 2. The van der Waals surface area contributed by atoms with Gasteiger partial charge in [-0.2, -0.15) is 0 Å². The first-order valence-electron chi connectivity index (χ1n) is 4.60. The maximum absolute atomic E-state index is 11.5. The van der Waals surface area contributed by atoms with Gasteiger partial charge in [-0.1, -0.05) is 0 Å². The molecule has 0 N–H and O–H groups in total. The minimum Gasteiger partial charge on any atom is -0.294 e. The molecule has 0 atom stereocenters. The normalized spacial score (nSPS) is 10.1. The highest BCUT2D eigenvalue weighted by molar-refractivity contribution is 5.99. The molecular formula is C11H10N2O2. The molecule has 0 amide bonds. The predicted octanol–water partition coefficient (Wildman–Crippen LogP) is 1.66. The van der Waals surface area contributed by atoms with Crippen molar-refractivity contribution in [2.24, 2.45) is 0 Å². The fraction of sp³-hybridized carbons (Fsp3) is 0.0909. The Morgan fingerprint density at radius 3 is 1.40 bits per heavy atom. The van der Waals surface area contributed by atoms with Crippen molar-refractivity contribution in [3.8, 4) is 0 Å². The summed E-state index contributed by atoms with van der Waals surface area (Å²) >= 11 is 0. The van der Waals surface area contributed by atoms with E-state index in [2.05, 4.69) is 0 Å². The quantitative estimate of drug-likeness (QED) is 0.695. The molecule has 0 saturated carbocycles. The minimum absolute atomic E-state index is 0.122. The molecule has 0 saturated heterocycles. The van der Waals surface area contributed by atoms with Gasteiger partial charge in [0.25, 0.3) is 0 Å². The number of carbonyl (C=O) groups excluding carboxylic acids is 2. The molecule has 0 aliphatic carbocycles. The molecule has 0 radical (unpaired) electrons. The Balaban J connectivity index is 2.04. The fourth-order valence-corrected chi connectivity index (χ4v) is 1.31.